The first-order valence-corrected chi connectivity index (χ1v) is 5.84. The molecule has 140 valence electrons. The van der Waals surface area contributed by atoms with Crippen molar-refractivity contribution in [2.75, 3.05) is 0 Å². The third-order valence-corrected chi connectivity index (χ3v) is 2.73. The maximum absolute atomic E-state index is 13.0. The predicted octanol–water partition coefficient (Wildman–Crippen LogP) is 5.20. The van der Waals surface area contributed by atoms with Gasteiger partial charge in [0.2, 0.25) is 23.5 Å². The summed E-state index contributed by atoms with van der Waals surface area (Å²) in [6.07, 6.45) is -23.0. The molecule has 0 rings (SSSR count). The van der Waals surface area contributed by atoms with E-state index in [2.05, 4.69) is 27.9 Å². The molecule has 4 atom stereocenters. The third kappa shape index (κ3) is 5.34. The second-order valence-electron chi connectivity index (χ2n) is 3.93. The minimum atomic E-state index is -6.46. The normalized spacial score (nSPS) is 20.1. The van der Waals surface area contributed by atoms with Gasteiger partial charge < -0.3 is 4.74 Å². The molecule has 0 aliphatic rings. The average Bonchev–Trinajstić information content (AvgIpc) is 2.24. The van der Waals surface area contributed by atoms with Crippen molar-refractivity contribution in [3.63, 3.8) is 0 Å². The lowest BCUT2D eigenvalue weighted by Crippen LogP contribution is -2.59. The predicted molar refractivity (Wildman–Crippen MR) is 52.2 cm³/mol. The van der Waals surface area contributed by atoms with Crippen molar-refractivity contribution in [2.45, 2.75) is 47.7 Å². The van der Waals surface area contributed by atoms with Crippen LogP contribution in [0.2, 0.25) is 0 Å². The smallest absolute Gasteiger partial charge is 0.344 e. The lowest BCUT2D eigenvalue weighted by molar-refractivity contribution is -0.363. The lowest BCUT2D eigenvalue weighted by atomic mass is 10.1. The molecule has 4 unspecified atom stereocenters. The maximum atomic E-state index is 13.0. The summed E-state index contributed by atoms with van der Waals surface area (Å²) in [5, 5.41) is 0. The van der Waals surface area contributed by atoms with Crippen molar-refractivity contribution in [1.82, 2.24) is 0 Å². The van der Waals surface area contributed by atoms with Gasteiger partial charge >= 0.3 is 24.2 Å². The number of alkyl halides is 14. The molecule has 0 saturated carbocycles. The molecular weight excluding hydrogens is 411 g/mol. The molecule has 15 heteroatoms. The summed E-state index contributed by atoms with van der Waals surface area (Å²) in [5.74, 6) is -11.8. The summed E-state index contributed by atoms with van der Waals surface area (Å²) in [6, 6.07) is 0. The molecule has 0 aliphatic heterocycles. The first kappa shape index (κ1) is 22.7. The number of hydrogen-bond acceptors (Lipinski definition) is 1. The van der Waals surface area contributed by atoms with Gasteiger partial charge in [-0.2, -0.15) is 43.9 Å². The number of halogens is 14. The summed E-state index contributed by atoms with van der Waals surface area (Å²) in [6.45, 7) is 0. The highest BCUT2D eigenvalue weighted by Crippen LogP contribution is 2.45. The van der Waals surface area contributed by atoms with Crippen LogP contribution in [0, 0.1) is 0 Å². The number of ether oxygens (including phenoxy) is 1. The topological polar surface area (TPSA) is 9.23 Å². The Hall–Kier alpha value is -0.300. The second-order valence-corrected chi connectivity index (χ2v) is 4.70. The van der Waals surface area contributed by atoms with Gasteiger partial charge in [0.15, 0.2) is 0 Å². The monoisotopic (exact) mass is 414 g/mol. The Morgan fingerprint density at radius 1 is 0.565 bits per heavy atom. The quantitative estimate of drug-likeness (QED) is 0.428. The molecule has 0 bridgehead atoms. The van der Waals surface area contributed by atoms with Crippen LogP contribution in [-0.4, -0.2) is 47.7 Å². The highest BCUT2D eigenvalue weighted by molar-refractivity contribution is 6.20. The fourth-order valence-electron chi connectivity index (χ4n) is 1.14. The van der Waals surface area contributed by atoms with E-state index in [1.807, 2.05) is 0 Å². The number of rotatable bonds is 6. The van der Waals surface area contributed by atoms with E-state index in [1.165, 1.54) is 0 Å². The SMILES string of the molecule is FC(Cl)C(F)(F)C(OC(C(F)(F)F)C(F)(F)C(F)Cl)C(F)(F)F. The third-order valence-electron chi connectivity index (χ3n) is 2.15. The summed E-state index contributed by atoms with van der Waals surface area (Å²) in [4.78, 5) is 0. The molecule has 0 saturated heterocycles. The van der Waals surface area contributed by atoms with Gasteiger partial charge in [-0.05, 0) is 0 Å². The van der Waals surface area contributed by atoms with Gasteiger partial charge in [0, 0.05) is 0 Å². The van der Waals surface area contributed by atoms with E-state index in [4.69, 9.17) is 0 Å². The number of hydrogen-bond donors (Lipinski definition) is 0. The molecule has 0 aliphatic carbocycles. The van der Waals surface area contributed by atoms with Crippen molar-refractivity contribution < 1.29 is 57.4 Å². The van der Waals surface area contributed by atoms with Crippen LogP contribution in [0.3, 0.4) is 0 Å². The molecule has 0 spiro atoms. The molecule has 0 radical (unpaired) electrons. The van der Waals surface area contributed by atoms with E-state index >= 15 is 0 Å². The van der Waals surface area contributed by atoms with E-state index in [9.17, 15) is 52.7 Å². The molecule has 23 heavy (non-hydrogen) atoms. The first-order chi connectivity index (χ1) is 9.86. The summed E-state index contributed by atoms with van der Waals surface area (Å²) < 4.78 is 153. The van der Waals surface area contributed by atoms with Crippen molar-refractivity contribution >= 4 is 23.2 Å². The van der Waals surface area contributed by atoms with Gasteiger partial charge in [0.25, 0.3) is 0 Å². The molecule has 0 amide bonds. The van der Waals surface area contributed by atoms with Crippen LogP contribution >= 0.6 is 23.2 Å². The van der Waals surface area contributed by atoms with Crippen LogP contribution in [-0.2, 0) is 4.74 Å². The first-order valence-electron chi connectivity index (χ1n) is 4.97. The largest absolute Gasteiger partial charge is 0.420 e. The zero-order chi connectivity index (χ0) is 19.0. The van der Waals surface area contributed by atoms with E-state index in [-0.39, 0.29) is 0 Å². The van der Waals surface area contributed by atoms with E-state index in [1.54, 1.807) is 0 Å². The average molecular weight is 415 g/mol. The van der Waals surface area contributed by atoms with Gasteiger partial charge in [-0.1, -0.05) is 23.2 Å². The minimum absolute atomic E-state index is 2.63. The van der Waals surface area contributed by atoms with Crippen LogP contribution in [0.1, 0.15) is 0 Å². The molecule has 0 aromatic carbocycles. The highest BCUT2D eigenvalue weighted by Gasteiger charge is 2.68. The summed E-state index contributed by atoms with van der Waals surface area (Å²) in [7, 11) is 0. The lowest BCUT2D eigenvalue weighted by Gasteiger charge is -2.35. The fraction of sp³-hybridized carbons (Fsp3) is 1.00. The standard InChI is InChI=1S/C8H4Cl2F12O/c9-3(11)5(13,14)1(7(17,18)19)23-2(8(20,21)22)6(15,16)4(10)12/h1-4H. The Morgan fingerprint density at radius 3 is 0.913 bits per heavy atom. The highest BCUT2D eigenvalue weighted by atomic mass is 35.5. The van der Waals surface area contributed by atoms with Gasteiger partial charge in [0.05, 0.1) is 0 Å². The molecule has 0 aromatic rings. The van der Waals surface area contributed by atoms with Crippen molar-refractivity contribution in [3.05, 3.63) is 0 Å². The maximum Gasteiger partial charge on any atom is 0.420 e. The van der Waals surface area contributed by atoms with Crippen molar-refractivity contribution in [3.8, 4) is 0 Å². The van der Waals surface area contributed by atoms with Gasteiger partial charge in [-0.3, -0.25) is 0 Å². The molecule has 0 fully saturated rings. The Balaban J connectivity index is 5.94. The van der Waals surface area contributed by atoms with Gasteiger partial charge in [-0.15, -0.1) is 0 Å². The Kier molecular flexibility index (Phi) is 6.81. The van der Waals surface area contributed by atoms with E-state index < -0.39 is 47.7 Å². The van der Waals surface area contributed by atoms with Gasteiger partial charge in [0.1, 0.15) is 0 Å². The van der Waals surface area contributed by atoms with E-state index in [0.29, 0.717) is 0 Å². The van der Waals surface area contributed by atoms with E-state index in [0.717, 1.165) is 0 Å². The molecule has 0 heterocycles. The Morgan fingerprint density at radius 2 is 0.783 bits per heavy atom. The van der Waals surface area contributed by atoms with Gasteiger partial charge in [-0.25, -0.2) is 8.78 Å². The molecular formula is C8H4Cl2F12O. The molecule has 1 nitrogen and oxygen atoms in total. The van der Waals surface area contributed by atoms with Crippen LogP contribution < -0.4 is 0 Å². The Labute approximate surface area is 129 Å². The summed E-state index contributed by atoms with van der Waals surface area (Å²) in [5.41, 5.74) is -8.48. The van der Waals surface area contributed by atoms with Crippen LogP contribution in [0.15, 0.2) is 0 Å². The van der Waals surface area contributed by atoms with Crippen LogP contribution in [0.25, 0.3) is 0 Å². The Bertz CT molecular complexity index is 354. The van der Waals surface area contributed by atoms with Crippen LogP contribution in [0.5, 0.6) is 0 Å². The zero-order valence-corrected chi connectivity index (χ0v) is 11.5. The second kappa shape index (κ2) is 6.90. The zero-order valence-electron chi connectivity index (χ0n) is 10.0. The fourth-order valence-corrected chi connectivity index (χ4v) is 1.37. The molecule has 0 aromatic heterocycles. The minimum Gasteiger partial charge on any atom is -0.344 e. The summed E-state index contributed by atoms with van der Waals surface area (Å²) >= 11 is 8.16. The van der Waals surface area contributed by atoms with Crippen LogP contribution in [0.4, 0.5) is 52.7 Å². The van der Waals surface area contributed by atoms with Crippen molar-refractivity contribution in [2.24, 2.45) is 0 Å². The van der Waals surface area contributed by atoms with Crippen molar-refractivity contribution in [1.29, 1.82) is 0 Å². The molecule has 0 N–H and O–H groups in total.